The first kappa shape index (κ1) is 16.0. The normalized spacial score (nSPS) is 10.5. The fraction of sp³-hybridized carbons (Fsp3) is 0.200. The van der Waals surface area contributed by atoms with Gasteiger partial charge in [0.2, 0.25) is 0 Å². The van der Waals surface area contributed by atoms with Crippen LogP contribution in [0.3, 0.4) is 0 Å². The van der Waals surface area contributed by atoms with Gasteiger partial charge in [-0.15, -0.1) is 0 Å². The first-order valence-electron chi connectivity index (χ1n) is 7.64. The van der Waals surface area contributed by atoms with E-state index >= 15 is 0 Å². The highest BCUT2D eigenvalue weighted by atomic mass is 16.5. The van der Waals surface area contributed by atoms with Gasteiger partial charge in [-0.05, 0) is 18.6 Å². The summed E-state index contributed by atoms with van der Waals surface area (Å²) in [6.45, 7) is 2.03. The van der Waals surface area contributed by atoms with Gasteiger partial charge in [-0.25, -0.2) is 0 Å². The van der Waals surface area contributed by atoms with Gasteiger partial charge in [0, 0.05) is 17.7 Å². The van der Waals surface area contributed by atoms with E-state index in [-0.39, 0.29) is 0 Å². The third-order valence-electron chi connectivity index (χ3n) is 3.92. The van der Waals surface area contributed by atoms with Crippen molar-refractivity contribution in [2.45, 2.75) is 6.92 Å². The Morgan fingerprint density at radius 1 is 0.792 bits per heavy atom. The maximum Gasteiger partial charge on any atom is 0.142 e. The lowest BCUT2D eigenvalue weighted by Gasteiger charge is -2.13. The molecule has 0 bridgehead atoms. The molecule has 0 N–H and O–H groups in total. The van der Waals surface area contributed by atoms with Crippen molar-refractivity contribution in [2.24, 2.45) is 0 Å². The summed E-state index contributed by atoms with van der Waals surface area (Å²) in [7, 11) is 4.84. The molecule has 1 aromatic heterocycles. The van der Waals surface area contributed by atoms with Crippen molar-refractivity contribution < 1.29 is 18.6 Å². The maximum atomic E-state index is 6.14. The summed E-state index contributed by atoms with van der Waals surface area (Å²) in [5, 5.41) is 0. The second-order valence-electron chi connectivity index (χ2n) is 5.40. The standard InChI is InChI=1S/C20H20O4/c1-13-10-18(24-20(13)14-8-6-5-7-9-14)19-16(22-3)11-15(21-2)12-17(19)23-4/h5-12H,1-4H3. The Labute approximate surface area is 141 Å². The third-order valence-corrected chi connectivity index (χ3v) is 3.92. The molecule has 4 heteroatoms. The van der Waals surface area contributed by atoms with Gasteiger partial charge in [0.25, 0.3) is 0 Å². The molecule has 0 unspecified atom stereocenters. The van der Waals surface area contributed by atoms with Crippen molar-refractivity contribution in [1.29, 1.82) is 0 Å². The Bertz CT molecular complexity index is 809. The molecule has 1 heterocycles. The summed E-state index contributed by atoms with van der Waals surface area (Å²) in [5.41, 5.74) is 2.86. The van der Waals surface area contributed by atoms with Crippen LogP contribution in [0, 0.1) is 6.92 Å². The first-order valence-corrected chi connectivity index (χ1v) is 7.64. The van der Waals surface area contributed by atoms with Crippen LogP contribution in [0.15, 0.2) is 52.9 Å². The van der Waals surface area contributed by atoms with Crippen LogP contribution in [-0.2, 0) is 0 Å². The predicted octanol–water partition coefficient (Wildman–Crippen LogP) is 4.95. The van der Waals surface area contributed by atoms with E-state index in [1.54, 1.807) is 21.3 Å². The first-order chi connectivity index (χ1) is 11.7. The predicted molar refractivity (Wildman–Crippen MR) is 94.0 cm³/mol. The fourth-order valence-corrected chi connectivity index (χ4v) is 2.73. The molecule has 0 radical (unpaired) electrons. The molecule has 0 atom stereocenters. The second kappa shape index (κ2) is 6.71. The molecule has 0 spiro atoms. The van der Waals surface area contributed by atoms with E-state index in [1.807, 2.05) is 55.5 Å². The fourth-order valence-electron chi connectivity index (χ4n) is 2.73. The Hall–Kier alpha value is -2.88. The molecule has 0 aliphatic heterocycles. The molecule has 3 aromatic rings. The number of ether oxygens (including phenoxy) is 3. The van der Waals surface area contributed by atoms with Gasteiger partial charge in [-0.1, -0.05) is 30.3 Å². The minimum atomic E-state index is 0.638. The molecule has 0 amide bonds. The number of hydrogen-bond acceptors (Lipinski definition) is 4. The molecule has 0 aliphatic rings. The lowest BCUT2D eigenvalue weighted by atomic mass is 10.1. The van der Waals surface area contributed by atoms with Gasteiger partial charge in [0.1, 0.15) is 34.3 Å². The van der Waals surface area contributed by atoms with Gasteiger partial charge in [0.05, 0.1) is 21.3 Å². The van der Waals surface area contributed by atoms with Crippen LogP contribution >= 0.6 is 0 Å². The highest BCUT2D eigenvalue weighted by molar-refractivity contribution is 5.77. The topological polar surface area (TPSA) is 40.8 Å². The van der Waals surface area contributed by atoms with E-state index in [9.17, 15) is 0 Å². The summed E-state index contributed by atoms with van der Waals surface area (Å²) in [5.74, 6) is 3.48. The Morgan fingerprint density at radius 3 is 1.96 bits per heavy atom. The largest absolute Gasteiger partial charge is 0.496 e. The van der Waals surface area contributed by atoms with E-state index in [1.165, 1.54) is 0 Å². The molecule has 4 nitrogen and oxygen atoms in total. The summed E-state index contributed by atoms with van der Waals surface area (Å²) in [6.07, 6.45) is 0. The average Bonchev–Trinajstić information content (AvgIpc) is 3.02. The van der Waals surface area contributed by atoms with Crippen LogP contribution < -0.4 is 14.2 Å². The van der Waals surface area contributed by atoms with E-state index in [4.69, 9.17) is 18.6 Å². The highest BCUT2D eigenvalue weighted by Gasteiger charge is 2.20. The second-order valence-corrected chi connectivity index (χ2v) is 5.40. The quantitative estimate of drug-likeness (QED) is 0.666. The number of aryl methyl sites for hydroxylation is 1. The van der Waals surface area contributed by atoms with E-state index in [2.05, 4.69) is 0 Å². The lowest BCUT2D eigenvalue weighted by molar-refractivity contribution is 0.376. The molecule has 2 aromatic carbocycles. The minimum absolute atomic E-state index is 0.638. The molecular formula is C20H20O4. The van der Waals surface area contributed by atoms with Crippen molar-refractivity contribution in [1.82, 2.24) is 0 Å². The summed E-state index contributed by atoms with van der Waals surface area (Å²) in [4.78, 5) is 0. The molecule has 0 saturated heterocycles. The number of benzene rings is 2. The van der Waals surface area contributed by atoms with Crippen LogP contribution in [0.25, 0.3) is 22.6 Å². The van der Waals surface area contributed by atoms with Gasteiger partial charge in [-0.3, -0.25) is 0 Å². The van der Waals surface area contributed by atoms with Crippen molar-refractivity contribution >= 4 is 0 Å². The zero-order valence-electron chi connectivity index (χ0n) is 14.3. The number of furan rings is 1. The molecule has 0 aliphatic carbocycles. The smallest absolute Gasteiger partial charge is 0.142 e. The van der Waals surface area contributed by atoms with Crippen LogP contribution in [0.1, 0.15) is 5.56 Å². The SMILES string of the molecule is COc1cc(OC)c(-c2cc(C)c(-c3ccccc3)o2)c(OC)c1. The van der Waals surface area contributed by atoms with Crippen molar-refractivity contribution in [3.05, 3.63) is 54.1 Å². The maximum absolute atomic E-state index is 6.14. The number of hydrogen-bond donors (Lipinski definition) is 0. The van der Waals surface area contributed by atoms with Gasteiger partial charge in [0.15, 0.2) is 0 Å². The zero-order chi connectivity index (χ0) is 17.1. The number of rotatable bonds is 5. The average molecular weight is 324 g/mol. The Kier molecular flexibility index (Phi) is 4.47. The summed E-state index contributed by atoms with van der Waals surface area (Å²) in [6, 6.07) is 15.6. The highest BCUT2D eigenvalue weighted by Crippen LogP contribution is 2.44. The molecule has 124 valence electrons. The Balaban J connectivity index is 2.16. The minimum Gasteiger partial charge on any atom is -0.496 e. The summed E-state index contributed by atoms with van der Waals surface area (Å²) < 4.78 is 22.5. The lowest BCUT2D eigenvalue weighted by Crippen LogP contribution is -1.94. The van der Waals surface area contributed by atoms with Crippen LogP contribution in [0.2, 0.25) is 0 Å². The number of methoxy groups -OCH3 is 3. The molecule has 3 rings (SSSR count). The van der Waals surface area contributed by atoms with Crippen LogP contribution in [0.4, 0.5) is 0 Å². The molecule has 24 heavy (non-hydrogen) atoms. The van der Waals surface area contributed by atoms with E-state index in [0.29, 0.717) is 23.0 Å². The van der Waals surface area contributed by atoms with E-state index in [0.717, 1.165) is 22.5 Å². The van der Waals surface area contributed by atoms with Crippen LogP contribution in [-0.4, -0.2) is 21.3 Å². The van der Waals surface area contributed by atoms with Crippen molar-refractivity contribution in [3.8, 4) is 39.9 Å². The van der Waals surface area contributed by atoms with Crippen LogP contribution in [0.5, 0.6) is 17.2 Å². The molecule has 0 fully saturated rings. The van der Waals surface area contributed by atoms with Gasteiger partial charge < -0.3 is 18.6 Å². The third kappa shape index (κ3) is 2.83. The molecule has 0 saturated carbocycles. The Morgan fingerprint density at radius 2 is 1.42 bits per heavy atom. The van der Waals surface area contributed by atoms with E-state index < -0.39 is 0 Å². The van der Waals surface area contributed by atoms with Gasteiger partial charge in [-0.2, -0.15) is 0 Å². The zero-order valence-corrected chi connectivity index (χ0v) is 14.3. The van der Waals surface area contributed by atoms with Crippen molar-refractivity contribution in [2.75, 3.05) is 21.3 Å². The van der Waals surface area contributed by atoms with Crippen molar-refractivity contribution in [3.63, 3.8) is 0 Å². The summed E-state index contributed by atoms with van der Waals surface area (Å²) >= 11 is 0. The van der Waals surface area contributed by atoms with Gasteiger partial charge >= 0.3 is 0 Å². The monoisotopic (exact) mass is 324 g/mol. The molecular weight excluding hydrogens is 304 g/mol.